The summed E-state index contributed by atoms with van der Waals surface area (Å²) in [5, 5.41) is 0. The molecule has 5 nitrogen and oxygen atoms in total. The van der Waals surface area contributed by atoms with E-state index in [0.29, 0.717) is 17.2 Å². The number of nitrogens with zero attached hydrogens (tertiary/aromatic N) is 2. The van der Waals surface area contributed by atoms with Gasteiger partial charge in [0.15, 0.2) is 0 Å². The number of hydrogen-bond acceptors (Lipinski definition) is 4. The minimum absolute atomic E-state index is 0.0997. The molecule has 2 bridgehead atoms. The molecule has 130 valence electrons. The number of benzene rings is 1. The van der Waals surface area contributed by atoms with E-state index in [-0.39, 0.29) is 24.1 Å². The van der Waals surface area contributed by atoms with Crippen molar-refractivity contribution in [1.29, 1.82) is 0 Å². The first-order valence-corrected chi connectivity index (χ1v) is 8.79. The second kappa shape index (κ2) is 6.75. The molecule has 1 amide bonds. The number of ether oxygens (including phenoxy) is 2. The van der Waals surface area contributed by atoms with Crippen LogP contribution in [0.1, 0.15) is 36.0 Å². The zero-order chi connectivity index (χ0) is 17.2. The third-order valence-electron chi connectivity index (χ3n) is 5.17. The summed E-state index contributed by atoms with van der Waals surface area (Å²) < 4.78 is 11.3. The Labute approximate surface area is 147 Å². The maximum absolute atomic E-state index is 13.0. The van der Waals surface area contributed by atoms with Gasteiger partial charge in [-0.15, -0.1) is 0 Å². The van der Waals surface area contributed by atoms with Crippen LogP contribution in [0.15, 0.2) is 48.7 Å². The minimum atomic E-state index is 0.0997. The molecule has 5 heteroatoms. The molecule has 0 aliphatic carbocycles. The van der Waals surface area contributed by atoms with Gasteiger partial charge in [0, 0.05) is 42.8 Å². The number of pyridine rings is 1. The Hall–Kier alpha value is -2.56. The molecule has 2 unspecified atom stereocenters. The van der Waals surface area contributed by atoms with Crippen molar-refractivity contribution in [2.24, 2.45) is 0 Å². The van der Waals surface area contributed by atoms with E-state index in [2.05, 4.69) is 9.88 Å². The minimum Gasteiger partial charge on any atom is -0.497 e. The molecule has 3 heterocycles. The van der Waals surface area contributed by atoms with Gasteiger partial charge in [-0.2, -0.15) is 0 Å². The van der Waals surface area contributed by atoms with E-state index >= 15 is 0 Å². The first-order chi connectivity index (χ1) is 12.2. The second-order valence-electron chi connectivity index (χ2n) is 6.71. The molecular formula is C20H22N2O3. The van der Waals surface area contributed by atoms with Gasteiger partial charge in [0.25, 0.3) is 5.91 Å². The van der Waals surface area contributed by atoms with Crippen molar-refractivity contribution in [3.63, 3.8) is 0 Å². The number of methoxy groups -OCH3 is 1. The number of aromatic nitrogens is 1. The third kappa shape index (κ3) is 3.18. The van der Waals surface area contributed by atoms with Crippen LogP contribution in [0.2, 0.25) is 0 Å². The van der Waals surface area contributed by atoms with Crippen molar-refractivity contribution < 1.29 is 14.3 Å². The van der Waals surface area contributed by atoms with Crippen LogP contribution in [0.3, 0.4) is 0 Å². The second-order valence-corrected chi connectivity index (χ2v) is 6.71. The molecule has 0 radical (unpaired) electrons. The van der Waals surface area contributed by atoms with Gasteiger partial charge in [-0.25, -0.2) is 4.98 Å². The molecule has 25 heavy (non-hydrogen) atoms. The molecule has 1 aromatic carbocycles. The van der Waals surface area contributed by atoms with E-state index in [1.165, 1.54) is 0 Å². The van der Waals surface area contributed by atoms with Crippen LogP contribution in [0, 0.1) is 0 Å². The predicted octanol–water partition coefficient (Wildman–Crippen LogP) is 3.30. The van der Waals surface area contributed by atoms with E-state index in [1.807, 2.05) is 42.5 Å². The average Bonchev–Trinajstić information content (AvgIpc) is 2.92. The Morgan fingerprint density at radius 2 is 1.92 bits per heavy atom. The lowest BCUT2D eigenvalue weighted by Gasteiger charge is -2.38. The number of fused-ring (bicyclic) bond motifs is 2. The summed E-state index contributed by atoms with van der Waals surface area (Å²) in [6.45, 7) is 0. The molecule has 2 saturated heterocycles. The predicted molar refractivity (Wildman–Crippen MR) is 93.9 cm³/mol. The molecule has 2 aromatic rings. The van der Waals surface area contributed by atoms with E-state index in [1.54, 1.807) is 13.3 Å². The van der Waals surface area contributed by atoms with Gasteiger partial charge >= 0.3 is 0 Å². The molecular weight excluding hydrogens is 316 g/mol. The lowest BCUT2D eigenvalue weighted by Crippen LogP contribution is -2.49. The van der Waals surface area contributed by atoms with Crippen LogP contribution < -0.4 is 9.47 Å². The van der Waals surface area contributed by atoms with Crippen LogP contribution in [-0.2, 0) is 0 Å². The highest BCUT2D eigenvalue weighted by Crippen LogP contribution is 2.38. The fraction of sp³-hybridized carbons (Fsp3) is 0.400. The van der Waals surface area contributed by atoms with Gasteiger partial charge in [0.1, 0.15) is 11.9 Å². The molecule has 2 atom stereocenters. The van der Waals surface area contributed by atoms with Crippen molar-refractivity contribution in [2.75, 3.05) is 7.11 Å². The molecule has 2 aliphatic heterocycles. The number of piperidine rings is 1. The van der Waals surface area contributed by atoms with Gasteiger partial charge < -0.3 is 14.4 Å². The van der Waals surface area contributed by atoms with Crippen LogP contribution in [0.4, 0.5) is 0 Å². The van der Waals surface area contributed by atoms with Gasteiger partial charge in [0.2, 0.25) is 5.88 Å². The highest BCUT2D eigenvalue weighted by atomic mass is 16.5. The Balaban J connectivity index is 1.47. The SMILES string of the molecule is COc1cccc(C(=O)N2C3CCC2CC(Oc2ccccn2)C3)c1. The molecule has 0 saturated carbocycles. The van der Waals surface area contributed by atoms with Gasteiger partial charge in [-0.3, -0.25) is 4.79 Å². The van der Waals surface area contributed by atoms with Crippen molar-refractivity contribution in [1.82, 2.24) is 9.88 Å². The van der Waals surface area contributed by atoms with Crippen LogP contribution in [0.25, 0.3) is 0 Å². The number of carbonyl (C=O) groups is 1. The number of amides is 1. The van der Waals surface area contributed by atoms with Crippen LogP contribution >= 0.6 is 0 Å². The number of carbonyl (C=O) groups excluding carboxylic acids is 1. The third-order valence-corrected chi connectivity index (χ3v) is 5.17. The van der Waals surface area contributed by atoms with E-state index in [0.717, 1.165) is 25.7 Å². The van der Waals surface area contributed by atoms with E-state index < -0.39 is 0 Å². The Bertz CT molecular complexity index is 736. The average molecular weight is 338 g/mol. The zero-order valence-corrected chi connectivity index (χ0v) is 14.3. The quantitative estimate of drug-likeness (QED) is 0.858. The van der Waals surface area contributed by atoms with Crippen LogP contribution in [0.5, 0.6) is 11.6 Å². The van der Waals surface area contributed by atoms with Gasteiger partial charge in [-0.1, -0.05) is 12.1 Å². The standard InChI is InChI=1S/C20H22N2O3/c1-24-17-6-4-5-14(11-17)20(23)22-15-8-9-16(22)13-18(12-15)25-19-7-2-3-10-21-19/h2-7,10-11,15-16,18H,8-9,12-13H2,1H3. The number of rotatable bonds is 4. The summed E-state index contributed by atoms with van der Waals surface area (Å²) in [6.07, 6.45) is 5.68. The van der Waals surface area contributed by atoms with Crippen molar-refractivity contribution in [2.45, 2.75) is 43.9 Å². The molecule has 0 N–H and O–H groups in total. The first kappa shape index (κ1) is 15.9. The highest BCUT2D eigenvalue weighted by molar-refractivity contribution is 5.95. The topological polar surface area (TPSA) is 51.7 Å². The summed E-state index contributed by atoms with van der Waals surface area (Å²) in [5.41, 5.74) is 0.695. The largest absolute Gasteiger partial charge is 0.497 e. The fourth-order valence-corrected chi connectivity index (χ4v) is 4.05. The summed E-state index contributed by atoms with van der Waals surface area (Å²) in [6, 6.07) is 13.6. The summed E-state index contributed by atoms with van der Waals surface area (Å²) >= 11 is 0. The monoisotopic (exact) mass is 338 g/mol. The highest BCUT2D eigenvalue weighted by Gasteiger charge is 2.44. The van der Waals surface area contributed by atoms with Crippen molar-refractivity contribution in [3.8, 4) is 11.6 Å². The molecule has 4 rings (SSSR count). The Kier molecular flexibility index (Phi) is 4.30. The van der Waals surface area contributed by atoms with Gasteiger partial charge in [0.05, 0.1) is 7.11 Å². The van der Waals surface area contributed by atoms with E-state index in [4.69, 9.17) is 9.47 Å². The Morgan fingerprint density at radius 1 is 1.12 bits per heavy atom. The maximum atomic E-state index is 13.0. The zero-order valence-electron chi connectivity index (χ0n) is 14.3. The smallest absolute Gasteiger partial charge is 0.254 e. The fourth-order valence-electron chi connectivity index (χ4n) is 4.05. The summed E-state index contributed by atoms with van der Waals surface area (Å²) in [7, 11) is 1.62. The van der Waals surface area contributed by atoms with Gasteiger partial charge in [-0.05, 0) is 37.1 Å². The van der Waals surface area contributed by atoms with Crippen LogP contribution in [-0.4, -0.2) is 41.1 Å². The van der Waals surface area contributed by atoms with Crippen molar-refractivity contribution >= 4 is 5.91 Å². The first-order valence-electron chi connectivity index (χ1n) is 8.79. The van der Waals surface area contributed by atoms with Crippen molar-refractivity contribution in [3.05, 3.63) is 54.2 Å². The maximum Gasteiger partial charge on any atom is 0.254 e. The number of hydrogen-bond donors (Lipinski definition) is 0. The lowest BCUT2D eigenvalue weighted by molar-refractivity contribution is 0.0347. The summed E-state index contributed by atoms with van der Waals surface area (Å²) in [4.78, 5) is 19.3. The normalized spacial score (nSPS) is 24.8. The Morgan fingerprint density at radius 3 is 2.60 bits per heavy atom. The molecule has 2 aliphatic rings. The summed E-state index contributed by atoms with van der Waals surface area (Å²) in [5.74, 6) is 1.48. The van der Waals surface area contributed by atoms with E-state index in [9.17, 15) is 4.79 Å². The molecule has 0 spiro atoms. The molecule has 2 fully saturated rings. The lowest BCUT2D eigenvalue weighted by atomic mass is 9.98. The molecule has 1 aromatic heterocycles.